The molecule has 0 atom stereocenters. The molecule has 0 saturated carbocycles. The maximum Gasteiger partial charge on any atom is 0.235 e. The van der Waals surface area contributed by atoms with Crippen LogP contribution in [0, 0.1) is 0 Å². The summed E-state index contributed by atoms with van der Waals surface area (Å²) in [4.78, 5) is 14.3. The quantitative estimate of drug-likeness (QED) is 0.158. The molecular weight excluding hydrogens is 566 g/mol. The van der Waals surface area contributed by atoms with Crippen molar-refractivity contribution in [1.82, 2.24) is 4.90 Å². The predicted octanol–water partition coefficient (Wildman–Crippen LogP) is 7.26. The van der Waals surface area contributed by atoms with Gasteiger partial charge in [-0.15, -0.1) is 12.4 Å². The summed E-state index contributed by atoms with van der Waals surface area (Å²) in [5.41, 5.74) is 6.27. The minimum absolute atomic E-state index is 0. The van der Waals surface area contributed by atoms with E-state index in [2.05, 4.69) is 85.8 Å². The Hall–Kier alpha value is -4.98. The summed E-state index contributed by atoms with van der Waals surface area (Å²) in [6.45, 7) is 1.07. The lowest BCUT2D eigenvalue weighted by Crippen LogP contribution is -2.12. The Morgan fingerprint density at radius 3 is 2.00 bits per heavy atom. The number of fused-ring (bicyclic) bond motifs is 3. The van der Waals surface area contributed by atoms with E-state index in [0.29, 0.717) is 0 Å². The molecule has 0 amide bonds. The van der Waals surface area contributed by atoms with Crippen LogP contribution in [0.1, 0.15) is 28.7 Å². The summed E-state index contributed by atoms with van der Waals surface area (Å²) < 4.78 is 5.43. The van der Waals surface area contributed by atoms with Crippen LogP contribution >= 0.6 is 12.4 Å². The van der Waals surface area contributed by atoms with Crippen LogP contribution in [0.2, 0.25) is 0 Å². The molecule has 1 aliphatic rings. The van der Waals surface area contributed by atoms with Gasteiger partial charge in [0.1, 0.15) is 11.3 Å². The summed E-state index contributed by atoms with van der Waals surface area (Å²) in [6.07, 6.45) is 7.89. The average Bonchev–Trinajstić information content (AvgIpc) is 3.14. The standard InChI is InChI=1S/C20H21N.C15H10O6.ClH/c1-21(2)15-7-12-20-18-10-5-3-8-16(18)13-14-17-9-4-6-11-19(17)20;16-8-2-3-9-12(6-8)21-15(14(20)13(9)19)7-1-4-10(17)11(18)5-7;/h3-6,8-14H,7,15H2,1-2H3;1-6,16-18,20H;1H. The van der Waals surface area contributed by atoms with Gasteiger partial charge in [-0.2, -0.15) is 0 Å². The zero-order valence-corrected chi connectivity index (χ0v) is 24.5. The highest BCUT2D eigenvalue weighted by atomic mass is 35.5. The van der Waals surface area contributed by atoms with Crippen LogP contribution in [0.5, 0.6) is 23.0 Å². The van der Waals surface area contributed by atoms with Gasteiger partial charge in [-0.3, -0.25) is 4.79 Å². The maximum atomic E-state index is 12.1. The lowest BCUT2D eigenvalue weighted by molar-refractivity contribution is 0.403. The molecule has 0 saturated heterocycles. The van der Waals surface area contributed by atoms with Crippen molar-refractivity contribution in [3.63, 3.8) is 0 Å². The van der Waals surface area contributed by atoms with Gasteiger partial charge in [-0.05, 0) is 78.7 Å². The van der Waals surface area contributed by atoms with Crippen LogP contribution in [0.4, 0.5) is 0 Å². The van der Waals surface area contributed by atoms with Gasteiger partial charge in [0.05, 0.1) is 5.39 Å². The number of aromatic hydroxyl groups is 4. The molecule has 220 valence electrons. The van der Waals surface area contributed by atoms with Gasteiger partial charge in [0, 0.05) is 18.2 Å². The molecule has 4 N–H and O–H groups in total. The fourth-order valence-electron chi connectivity index (χ4n) is 4.82. The summed E-state index contributed by atoms with van der Waals surface area (Å²) in [7, 11) is 4.24. The first-order valence-electron chi connectivity index (χ1n) is 13.5. The van der Waals surface area contributed by atoms with Crippen LogP contribution in [0.3, 0.4) is 0 Å². The second kappa shape index (κ2) is 13.3. The van der Waals surface area contributed by atoms with E-state index in [0.717, 1.165) is 19.0 Å². The topological polar surface area (TPSA) is 114 Å². The van der Waals surface area contributed by atoms with E-state index < -0.39 is 16.9 Å². The molecule has 0 fully saturated rings. The fourth-order valence-corrected chi connectivity index (χ4v) is 4.82. The van der Waals surface area contributed by atoms with Gasteiger partial charge >= 0.3 is 0 Å². The number of nitrogens with zero attached hydrogens (tertiary/aromatic N) is 1. The van der Waals surface area contributed by atoms with Crippen molar-refractivity contribution in [3.05, 3.63) is 123 Å². The molecule has 0 unspecified atom stereocenters. The van der Waals surface area contributed by atoms with Crippen molar-refractivity contribution in [2.75, 3.05) is 20.6 Å². The number of hydrogen-bond acceptors (Lipinski definition) is 7. The van der Waals surface area contributed by atoms with Crippen LogP contribution in [-0.2, 0) is 0 Å². The molecule has 1 aliphatic carbocycles. The number of benzene rings is 4. The van der Waals surface area contributed by atoms with Crippen LogP contribution in [0.25, 0.3) is 40.0 Å². The SMILES string of the molecule is CN(C)CCC=C1c2ccccc2C=Cc2ccccc21.Cl.O=c1c(O)c(-c2ccc(O)c(O)c2)oc2cc(O)ccc12. The zero-order valence-electron chi connectivity index (χ0n) is 23.7. The Bertz CT molecular complexity index is 1840. The van der Waals surface area contributed by atoms with E-state index >= 15 is 0 Å². The van der Waals surface area contributed by atoms with Crippen LogP contribution in [-0.4, -0.2) is 46.0 Å². The number of halogens is 1. The Morgan fingerprint density at radius 2 is 1.40 bits per heavy atom. The highest BCUT2D eigenvalue weighted by molar-refractivity contribution is 5.93. The molecule has 0 aliphatic heterocycles. The maximum absolute atomic E-state index is 12.1. The zero-order chi connectivity index (χ0) is 29.8. The first kappa shape index (κ1) is 31.0. The van der Waals surface area contributed by atoms with Crippen LogP contribution < -0.4 is 5.43 Å². The first-order valence-corrected chi connectivity index (χ1v) is 13.5. The Morgan fingerprint density at radius 1 is 0.767 bits per heavy atom. The predicted molar refractivity (Wildman–Crippen MR) is 174 cm³/mol. The van der Waals surface area contributed by atoms with Gasteiger partial charge in [0.2, 0.25) is 11.2 Å². The summed E-state index contributed by atoms with van der Waals surface area (Å²) in [5, 5.41) is 38.3. The van der Waals surface area contributed by atoms with Crippen LogP contribution in [0.15, 0.2) is 100 Å². The number of phenols is 3. The summed E-state index contributed by atoms with van der Waals surface area (Å²) in [6, 6.07) is 24.9. The molecule has 0 spiro atoms. The first-order chi connectivity index (χ1) is 20.2. The minimum atomic E-state index is -0.654. The Balaban J connectivity index is 0.000000192. The van der Waals surface area contributed by atoms with Gasteiger partial charge in [-0.1, -0.05) is 66.8 Å². The van der Waals surface area contributed by atoms with E-state index in [1.165, 1.54) is 58.2 Å². The third-order valence-corrected chi connectivity index (χ3v) is 6.96. The van der Waals surface area contributed by atoms with E-state index in [-0.39, 0.29) is 46.2 Å². The van der Waals surface area contributed by atoms with E-state index in [1.807, 2.05) is 0 Å². The van der Waals surface area contributed by atoms with Gasteiger partial charge in [-0.25, -0.2) is 0 Å². The van der Waals surface area contributed by atoms with Gasteiger partial charge in [0.25, 0.3) is 0 Å². The monoisotopic (exact) mass is 597 g/mol. The van der Waals surface area contributed by atoms with E-state index in [4.69, 9.17) is 4.42 Å². The average molecular weight is 598 g/mol. The van der Waals surface area contributed by atoms with Crippen molar-refractivity contribution >= 4 is 41.1 Å². The normalized spacial score (nSPS) is 11.6. The number of rotatable bonds is 4. The molecule has 5 aromatic rings. The molecule has 1 heterocycles. The molecule has 1 aromatic heterocycles. The van der Waals surface area contributed by atoms with Crippen molar-refractivity contribution in [2.24, 2.45) is 0 Å². The number of hydrogen-bond donors (Lipinski definition) is 4. The van der Waals surface area contributed by atoms with Gasteiger partial charge in [0.15, 0.2) is 17.3 Å². The van der Waals surface area contributed by atoms with Crippen molar-refractivity contribution < 1.29 is 24.8 Å². The lowest BCUT2D eigenvalue weighted by atomic mass is 9.93. The molecule has 8 heteroatoms. The third-order valence-electron chi connectivity index (χ3n) is 6.96. The second-order valence-electron chi connectivity index (χ2n) is 10.2. The van der Waals surface area contributed by atoms with Crippen molar-refractivity contribution in [3.8, 4) is 34.3 Å². The molecule has 0 bridgehead atoms. The highest BCUT2D eigenvalue weighted by Gasteiger charge is 2.17. The molecule has 4 aromatic carbocycles. The largest absolute Gasteiger partial charge is 0.508 e. The Labute approximate surface area is 255 Å². The molecule has 7 nitrogen and oxygen atoms in total. The summed E-state index contributed by atoms with van der Waals surface area (Å²) in [5.74, 6) is -1.60. The summed E-state index contributed by atoms with van der Waals surface area (Å²) >= 11 is 0. The lowest BCUT2D eigenvalue weighted by Gasteiger charge is -2.13. The Kier molecular flexibility index (Phi) is 9.60. The smallest absolute Gasteiger partial charge is 0.235 e. The fraction of sp³-hybridized carbons (Fsp3) is 0.114. The molecule has 0 radical (unpaired) electrons. The van der Waals surface area contributed by atoms with E-state index in [1.54, 1.807) is 0 Å². The second-order valence-corrected chi connectivity index (χ2v) is 10.2. The molecular formula is C35H32ClNO6. The molecule has 43 heavy (non-hydrogen) atoms. The minimum Gasteiger partial charge on any atom is -0.508 e. The van der Waals surface area contributed by atoms with E-state index in [9.17, 15) is 25.2 Å². The molecule has 6 rings (SSSR count). The van der Waals surface area contributed by atoms with Crippen molar-refractivity contribution in [1.29, 1.82) is 0 Å². The third kappa shape index (κ3) is 6.75. The van der Waals surface area contributed by atoms with Crippen molar-refractivity contribution in [2.45, 2.75) is 6.42 Å². The number of phenolic OH excluding ortho intramolecular Hbond substituents is 3. The van der Waals surface area contributed by atoms with Gasteiger partial charge < -0.3 is 29.7 Å². The highest BCUT2D eigenvalue weighted by Crippen LogP contribution is 2.36.